The van der Waals surface area contributed by atoms with Crippen LogP contribution in [0.25, 0.3) is 6.08 Å². The number of imide groups is 1. The molecule has 2 aliphatic heterocycles. The van der Waals surface area contributed by atoms with Gasteiger partial charge in [0.05, 0.1) is 4.91 Å². The lowest BCUT2D eigenvalue weighted by Gasteiger charge is -2.38. The average molecular weight is 523 g/mol. The molecule has 3 N–H and O–H groups in total. The number of fused-ring (bicyclic) bond motifs is 1. The van der Waals surface area contributed by atoms with Gasteiger partial charge in [-0.05, 0) is 130 Å². The first-order chi connectivity index (χ1) is 17.7. The second-order valence-electron chi connectivity index (χ2n) is 10.4. The Hall–Kier alpha value is -2.77. The maximum atomic E-state index is 11.8. The number of rotatable bonds is 10. The molecule has 1 atom stereocenters. The van der Waals surface area contributed by atoms with Crippen molar-refractivity contribution >= 4 is 29.0 Å². The molecule has 2 amide bonds. The van der Waals surface area contributed by atoms with Crippen LogP contribution < -0.4 is 20.5 Å². The molecule has 2 heterocycles. The third-order valence-electron chi connectivity index (χ3n) is 7.53. The van der Waals surface area contributed by atoms with Crippen molar-refractivity contribution in [3.8, 4) is 11.5 Å². The molecule has 198 valence electrons. The highest BCUT2D eigenvalue weighted by molar-refractivity contribution is 8.18. The number of hydrogen-bond acceptors (Lipinski definition) is 6. The second-order valence-corrected chi connectivity index (χ2v) is 11.4. The predicted octanol–water partition coefficient (Wildman–Crippen LogP) is 6.16. The Balaban J connectivity index is 1.40. The van der Waals surface area contributed by atoms with Gasteiger partial charge >= 0.3 is 0 Å². The van der Waals surface area contributed by atoms with Crippen molar-refractivity contribution in [3.63, 3.8) is 0 Å². The Morgan fingerprint density at radius 1 is 1.05 bits per heavy atom. The molecule has 7 heteroatoms. The molecule has 0 aromatic heterocycles. The number of amides is 2. The first kappa shape index (κ1) is 27.3. The summed E-state index contributed by atoms with van der Waals surface area (Å²) in [6.45, 7) is 10.0. The largest absolute Gasteiger partial charge is 0.489 e. The van der Waals surface area contributed by atoms with Gasteiger partial charge in [-0.15, -0.1) is 0 Å². The van der Waals surface area contributed by atoms with Crippen LogP contribution in [0.3, 0.4) is 0 Å². The van der Waals surface area contributed by atoms with Crippen molar-refractivity contribution in [1.82, 2.24) is 5.32 Å². The summed E-state index contributed by atoms with van der Waals surface area (Å²) in [5.41, 5.74) is 12.9. The molecule has 0 saturated carbocycles. The van der Waals surface area contributed by atoms with Gasteiger partial charge in [0.25, 0.3) is 11.1 Å². The summed E-state index contributed by atoms with van der Waals surface area (Å²) in [6.07, 6.45) is 9.44. The van der Waals surface area contributed by atoms with Gasteiger partial charge in [0, 0.05) is 0 Å². The van der Waals surface area contributed by atoms with Crippen LogP contribution in [0, 0.1) is 20.8 Å². The van der Waals surface area contributed by atoms with E-state index in [0.717, 1.165) is 61.1 Å². The molecule has 37 heavy (non-hydrogen) atoms. The van der Waals surface area contributed by atoms with Crippen LogP contribution in [0.5, 0.6) is 11.5 Å². The molecule has 1 fully saturated rings. The summed E-state index contributed by atoms with van der Waals surface area (Å²) in [4.78, 5) is 23.5. The average Bonchev–Trinajstić information content (AvgIpc) is 3.20. The van der Waals surface area contributed by atoms with Gasteiger partial charge in [0.1, 0.15) is 23.7 Å². The van der Waals surface area contributed by atoms with Gasteiger partial charge in [0.15, 0.2) is 0 Å². The van der Waals surface area contributed by atoms with Gasteiger partial charge in [-0.1, -0.05) is 25.0 Å². The van der Waals surface area contributed by atoms with Crippen molar-refractivity contribution in [2.75, 3.05) is 13.2 Å². The summed E-state index contributed by atoms with van der Waals surface area (Å²) in [7, 11) is 0. The fourth-order valence-electron chi connectivity index (χ4n) is 5.13. The van der Waals surface area contributed by atoms with Gasteiger partial charge in [-0.2, -0.15) is 0 Å². The summed E-state index contributed by atoms with van der Waals surface area (Å²) in [5, 5.41) is 1.93. The van der Waals surface area contributed by atoms with Crippen LogP contribution >= 0.6 is 11.8 Å². The van der Waals surface area contributed by atoms with Crippen LogP contribution in [0.1, 0.15) is 72.4 Å². The van der Waals surface area contributed by atoms with Crippen molar-refractivity contribution in [3.05, 3.63) is 62.6 Å². The zero-order valence-corrected chi connectivity index (χ0v) is 23.2. The molecule has 4 rings (SSSR count). The monoisotopic (exact) mass is 522 g/mol. The smallest absolute Gasteiger partial charge is 0.290 e. The normalized spacial score (nSPS) is 20.1. The van der Waals surface area contributed by atoms with Crippen molar-refractivity contribution in [2.45, 2.75) is 78.2 Å². The molecule has 0 spiro atoms. The molecule has 6 nitrogen and oxygen atoms in total. The highest BCUT2D eigenvalue weighted by Crippen LogP contribution is 2.41. The molecule has 0 bridgehead atoms. The third kappa shape index (κ3) is 6.39. The first-order valence-electron chi connectivity index (χ1n) is 13.2. The van der Waals surface area contributed by atoms with E-state index in [-0.39, 0.29) is 11.1 Å². The highest BCUT2D eigenvalue weighted by Gasteiger charge is 2.35. The third-order valence-corrected chi connectivity index (χ3v) is 8.34. The Kier molecular flexibility index (Phi) is 8.65. The molecule has 2 aromatic rings. The number of benzene rings is 2. The quantitative estimate of drug-likeness (QED) is 0.287. The fraction of sp³-hybridized carbons (Fsp3) is 0.467. The number of carbonyl (C=O) groups excluding carboxylic acids is 2. The van der Waals surface area contributed by atoms with Crippen LogP contribution in [0.2, 0.25) is 0 Å². The molecule has 0 radical (unpaired) electrons. The molecular formula is C30H38N2O4S. The van der Waals surface area contributed by atoms with E-state index >= 15 is 0 Å². The van der Waals surface area contributed by atoms with E-state index in [1.807, 2.05) is 24.3 Å². The van der Waals surface area contributed by atoms with E-state index in [0.29, 0.717) is 11.5 Å². The lowest BCUT2D eigenvalue weighted by Crippen LogP contribution is -2.42. The Morgan fingerprint density at radius 3 is 2.46 bits per heavy atom. The maximum absolute atomic E-state index is 11.8. The second kappa shape index (κ2) is 11.7. The molecular weight excluding hydrogens is 484 g/mol. The van der Waals surface area contributed by atoms with E-state index in [4.69, 9.17) is 15.2 Å². The number of unbranched alkanes of at least 4 members (excludes halogenated alkanes) is 3. The van der Waals surface area contributed by atoms with Crippen LogP contribution in [-0.2, 0) is 17.6 Å². The van der Waals surface area contributed by atoms with Gasteiger partial charge < -0.3 is 15.2 Å². The van der Waals surface area contributed by atoms with Gasteiger partial charge in [0.2, 0.25) is 0 Å². The highest BCUT2D eigenvalue weighted by atomic mass is 32.2. The Morgan fingerprint density at radius 2 is 1.78 bits per heavy atom. The maximum Gasteiger partial charge on any atom is 0.290 e. The summed E-state index contributed by atoms with van der Waals surface area (Å²) < 4.78 is 12.8. The molecule has 2 aromatic carbocycles. The van der Waals surface area contributed by atoms with Gasteiger partial charge in [-0.25, -0.2) is 0 Å². The molecule has 0 aliphatic carbocycles. The molecule has 1 saturated heterocycles. The molecule has 2 aliphatic rings. The number of carbonyl (C=O) groups is 2. The van der Waals surface area contributed by atoms with Crippen LogP contribution in [0.4, 0.5) is 4.79 Å². The first-order valence-corrected chi connectivity index (χ1v) is 14.0. The van der Waals surface area contributed by atoms with Crippen molar-refractivity contribution in [1.29, 1.82) is 0 Å². The zero-order valence-electron chi connectivity index (χ0n) is 22.4. The number of nitrogens with one attached hydrogen (secondary N) is 1. The van der Waals surface area contributed by atoms with E-state index in [2.05, 4.69) is 33.0 Å². The fourth-order valence-corrected chi connectivity index (χ4v) is 5.81. The van der Waals surface area contributed by atoms with Crippen molar-refractivity contribution in [2.24, 2.45) is 5.73 Å². The molecule has 1 unspecified atom stereocenters. The van der Waals surface area contributed by atoms with Crippen LogP contribution in [-0.4, -0.2) is 29.9 Å². The van der Waals surface area contributed by atoms with E-state index in [1.165, 1.54) is 47.1 Å². The van der Waals surface area contributed by atoms with E-state index in [1.54, 1.807) is 6.08 Å². The van der Waals surface area contributed by atoms with E-state index in [9.17, 15) is 9.59 Å². The summed E-state index contributed by atoms with van der Waals surface area (Å²) >= 11 is 0.915. The minimum Gasteiger partial charge on any atom is -0.489 e. The van der Waals surface area contributed by atoms with Crippen molar-refractivity contribution < 1.29 is 19.1 Å². The Labute approximate surface area is 224 Å². The predicted molar refractivity (Wildman–Crippen MR) is 150 cm³/mol. The lowest BCUT2D eigenvalue weighted by molar-refractivity contribution is -0.115. The topological polar surface area (TPSA) is 90.6 Å². The minimum absolute atomic E-state index is 0.339. The number of thioether (sulfide) groups is 1. The SMILES string of the molecule is Cc1c(C)c2c(c(C)c1CCCCCCN)CCC(C)(COc1ccc(C=C3SC(=O)NC3=O)cc1)O2. The summed E-state index contributed by atoms with van der Waals surface area (Å²) in [5.74, 6) is 1.42. The number of nitrogens with two attached hydrogens (primary N) is 1. The van der Waals surface area contributed by atoms with Crippen LogP contribution in [0.15, 0.2) is 29.2 Å². The minimum atomic E-state index is -0.417. The Bertz CT molecular complexity index is 1210. The van der Waals surface area contributed by atoms with Gasteiger partial charge in [-0.3, -0.25) is 14.9 Å². The number of hydrogen-bond donors (Lipinski definition) is 2. The van der Waals surface area contributed by atoms with E-state index < -0.39 is 5.60 Å². The zero-order chi connectivity index (χ0) is 26.6. The standard InChI is InChI=1S/C30H38N2O4S/c1-19-20(2)27-25(21(3)24(19)9-7-5-6-8-16-31)14-15-30(4,36-27)18-35-23-12-10-22(11-13-23)17-26-28(33)32-29(34)37-26/h10-13,17H,5-9,14-16,18,31H2,1-4H3,(H,32,33,34). The summed E-state index contributed by atoms with van der Waals surface area (Å²) in [6, 6.07) is 7.52. The number of ether oxygens (including phenoxy) is 2. The lowest BCUT2D eigenvalue weighted by atomic mass is 9.84.